The van der Waals surface area contributed by atoms with Gasteiger partial charge in [-0.3, -0.25) is 0 Å². The van der Waals surface area contributed by atoms with E-state index in [1.54, 1.807) is 24.7 Å². The molecule has 0 bridgehead atoms. The highest BCUT2D eigenvalue weighted by atomic mass is 19.1. The number of benzene rings is 2. The average Bonchev–Trinajstić information content (AvgIpc) is 3.83. The van der Waals surface area contributed by atoms with Crippen molar-refractivity contribution in [1.82, 2.24) is 14.9 Å². The second-order valence-electron chi connectivity index (χ2n) is 13.1. The Bertz CT molecular complexity index is 1580. The molecular formula is C34H37FN6O3. The summed E-state index contributed by atoms with van der Waals surface area (Å²) in [5, 5.41) is 9.44. The van der Waals surface area contributed by atoms with Crippen LogP contribution < -0.4 is 15.4 Å². The highest BCUT2D eigenvalue weighted by Gasteiger charge is 2.52. The fourth-order valence-corrected chi connectivity index (χ4v) is 7.39. The minimum atomic E-state index is -0.666. The number of likely N-dealkylation sites (tertiary alicyclic amines) is 1. The third-order valence-corrected chi connectivity index (χ3v) is 9.71. The summed E-state index contributed by atoms with van der Waals surface area (Å²) in [4.78, 5) is 24.6. The summed E-state index contributed by atoms with van der Waals surface area (Å²) in [6.07, 6.45) is 9.83. The number of nitrogens with two attached hydrogens (primary N) is 1. The van der Waals surface area contributed by atoms with Crippen LogP contribution in [-0.2, 0) is 4.74 Å². The molecule has 7 rings (SSSR count). The molecule has 0 unspecified atom stereocenters. The number of anilines is 1. The Balaban J connectivity index is 0.980. The van der Waals surface area contributed by atoms with E-state index >= 15 is 0 Å². The summed E-state index contributed by atoms with van der Waals surface area (Å²) in [5.41, 5.74) is 8.67. The molecule has 2 aromatic carbocycles. The first-order valence-electron chi connectivity index (χ1n) is 15.6. The van der Waals surface area contributed by atoms with Crippen LogP contribution in [0.25, 0.3) is 11.1 Å². The fourth-order valence-electron chi connectivity index (χ4n) is 7.39. The number of halogens is 1. The number of nitriles is 1. The van der Waals surface area contributed by atoms with Gasteiger partial charge in [-0.15, -0.1) is 0 Å². The smallest absolute Gasteiger partial charge is 0.404 e. The van der Waals surface area contributed by atoms with Crippen molar-refractivity contribution in [1.29, 1.82) is 5.26 Å². The van der Waals surface area contributed by atoms with Crippen molar-refractivity contribution in [3.8, 4) is 28.7 Å². The van der Waals surface area contributed by atoms with Gasteiger partial charge in [0.25, 0.3) is 0 Å². The summed E-state index contributed by atoms with van der Waals surface area (Å²) >= 11 is 0. The summed E-state index contributed by atoms with van der Waals surface area (Å²) in [5.74, 6) is 2.54. The Morgan fingerprint density at radius 3 is 2.55 bits per heavy atom. The first kappa shape index (κ1) is 28.5. The molecule has 3 aromatic rings. The van der Waals surface area contributed by atoms with E-state index in [1.807, 2.05) is 12.1 Å². The van der Waals surface area contributed by atoms with Crippen molar-refractivity contribution in [2.24, 2.45) is 17.1 Å². The molecule has 1 amide bonds. The molecule has 2 N–H and O–H groups in total. The summed E-state index contributed by atoms with van der Waals surface area (Å²) in [6, 6.07) is 12.4. The Labute approximate surface area is 256 Å². The Hall–Kier alpha value is -4.23. The number of carbonyl (C=O) groups is 1. The highest BCUT2D eigenvalue weighted by Crippen LogP contribution is 2.48. The number of nitrogens with zero attached hydrogens (tertiary/aromatic N) is 5. The van der Waals surface area contributed by atoms with E-state index in [0.717, 1.165) is 88.2 Å². The fraction of sp³-hybridized carbons (Fsp3) is 0.471. The minimum Gasteiger partial charge on any atom is -0.451 e. The average molecular weight is 597 g/mol. The lowest BCUT2D eigenvalue weighted by Crippen LogP contribution is -2.72. The van der Waals surface area contributed by atoms with Gasteiger partial charge < -0.3 is 25.0 Å². The van der Waals surface area contributed by atoms with Gasteiger partial charge in [0.2, 0.25) is 0 Å². The number of carbonyl (C=O) groups excluding carboxylic acids is 1. The highest BCUT2D eigenvalue weighted by molar-refractivity contribution is 5.76. The van der Waals surface area contributed by atoms with Gasteiger partial charge in [-0.05, 0) is 105 Å². The zero-order valence-corrected chi connectivity index (χ0v) is 24.8. The van der Waals surface area contributed by atoms with Gasteiger partial charge in [0, 0.05) is 37.2 Å². The zero-order chi connectivity index (χ0) is 30.3. The lowest BCUT2D eigenvalue weighted by Gasteiger charge is -2.61. The number of hydrogen-bond acceptors (Lipinski definition) is 8. The molecule has 0 radical (unpaired) electrons. The quantitative estimate of drug-likeness (QED) is 0.320. The van der Waals surface area contributed by atoms with E-state index in [4.69, 9.17) is 15.2 Å². The van der Waals surface area contributed by atoms with Crippen LogP contribution in [-0.4, -0.2) is 59.8 Å². The van der Waals surface area contributed by atoms with Crippen LogP contribution in [0, 0.1) is 28.5 Å². The first-order chi connectivity index (χ1) is 21.4. The number of primary amides is 1. The third kappa shape index (κ3) is 5.93. The Morgan fingerprint density at radius 1 is 1.02 bits per heavy atom. The second-order valence-corrected chi connectivity index (χ2v) is 13.1. The van der Waals surface area contributed by atoms with Crippen molar-refractivity contribution in [2.45, 2.75) is 57.0 Å². The van der Waals surface area contributed by atoms with Crippen LogP contribution >= 0.6 is 0 Å². The normalized spacial score (nSPS) is 22.5. The van der Waals surface area contributed by atoms with E-state index < -0.39 is 6.09 Å². The molecule has 0 atom stereocenters. The van der Waals surface area contributed by atoms with E-state index in [0.29, 0.717) is 34.5 Å². The molecule has 4 aliphatic rings. The predicted molar refractivity (Wildman–Crippen MR) is 163 cm³/mol. The van der Waals surface area contributed by atoms with Crippen LogP contribution in [0.4, 0.5) is 15.0 Å². The number of aromatic nitrogens is 2. The number of amides is 1. The molecule has 4 fully saturated rings. The molecule has 2 aliphatic carbocycles. The van der Waals surface area contributed by atoms with Gasteiger partial charge in [0.15, 0.2) is 11.6 Å². The molecule has 228 valence electrons. The van der Waals surface area contributed by atoms with Crippen molar-refractivity contribution in [2.75, 3.05) is 37.6 Å². The monoisotopic (exact) mass is 596 g/mol. The zero-order valence-electron chi connectivity index (χ0n) is 24.8. The van der Waals surface area contributed by atoms with E-state index in [9.17, 15) is 14.4 Å². The van der Waals surface area contributed by atoms with Crippen molar-refractivity contribution < 1.29 is 18.7 Å². The first-order valence-corrected chi connectivity index (χ1v) is 15.6. The van der Waals surface area contributed by atoms with Crippen LogP contribution in [0.5, 0.6) is 11.5 Å². The van der Waals surface area contributed by atoms with Crippen LogP contribution in [0.15, 0.2) is 48.9 Å². The van der Waals surface area contributed by atoms with Crippen molar-refractivity contribution in [3.63, 3.8) is 0 Å². The van der Waals surface area contributed by atoms with Gasteiger partial charge in [0.1, 0.15) is 24.0 Å². The Morgan fingerprint density at radius 2 is 1.82 bits per heavy atom. The largest absolute Gasteiger partial charge is 0.451 e. The molecule has 10 heteroatoms. The standard InChI is InChI=1S/C34H37FN6O3/c35-25-6-10-30(29(14-25)27-9-3-23(15-36)13-28(27)24-4-5-24)44-31-16-38-21-39-32(31)41-19-34(20-41)17-40(18-34)12-11-22-1-7-26(8-2-22)43-33(37)42/h3,6,9-10,13-14,16,21-22,24,26H,1-2,4-5,7-8,11-12,17-20H2,(H2,37,42). The summed E-state index contributed by atoms with van der Waals surface area (Å²) in [6.45, 7) is 5.07. The Kier molecular flexibility index (Phi) is 7.58. The predicted octanol–water partition coefficient (Wildman–Crippen LogP) is 5.99. The molecule has 1 spiro atoms. The van der Waals surface area contributed by atoms with E-state index in [-0.39, 0.29) is 17.3 Å². The van der Waals surface area contributed by atoms with Crippen LogP contribution in [0.1, 0.15) is 62.0 Å². The molecule has 2 saturated heterocycles. The van der Waals surface area contributed by atoms with Crippen molar-refractivity contribution >= 4 is 11.9 Å². The van der Waals surface area contributed by atoms with Gasteiger partial charge in [0.05, 0.1) is 17.8 Å². The number of rotatable bonds is 9. The maximum absolute atomic E-state index is 14.6. The van der Waals surface area contributed by atoms with Gasteiger partial charge in [-0.2, -0.15) is 5.26 Å². The maximum Gasteiger partial charge on any atom is 0.404 e. The number of hydrogen-bond donors (Lipinski definition) is 1. The molecule has 9 nitrogen and oxygen atoms in total. The molecule has 3 heterocycles. The number of ether oxygens (including phenoxy) is 2. The van der Waals surface area contributed by atoms with Crippen LogP contribution in [0.3, 0.4) is 0 Å². The molecule has 2 saturated carbocycles. The van der Waals surface area contributed by atoms with Crippen molar-refractivity contribution in [3.05, 3.63) is 65.9 Å². The topological polar surface area (TPSA) is 118 Å². The minimum absolute atomic E-state index is 0.0153. The lowest BCUT2D eigenvalue weighted by atomic mass is 9.72. The SMILES string of the molecule is N#Cc1ccc(-c2cc(F)ccc2Oc2cncnc2N2CC3(CN(CCC4CCC(OC(N)=O)CC4)C3)C2)c(C2CC2)c1. The molecule has 2 aliphatic heterocycles. The molecular weight excluding hydrogens is 559 g/mol. The van der Waals surface area contributed by atoms with Gasteiger partial charge in [-0.1, -0.05) is 6.07 Å². The second kappa shape index (κ2) is 11.7. The van der Waals surface area contributed by atoms with E-state index in [2.05, 4.69) is 25.8 Å². The maximum atomic E-state index is 14.6. The van der Waals surface area contributed by atoms with Gasteiger partial charge in [-0.25, -0.2) is 19.2 Å². The van der Waals surface area contributed by atoms with Gasteiger partial charge >= 0.3 is 6.09 Å². The lowest BCUT2D eigenvalue weighted by molar-refractivity contribution is -0.0268. The molecule has 44 heavy (non-hydrogen) atoms. The summed E-state index contributed by atoms with van der Waals surface area (Å²) < 4.78 is 26.2. The summed E-state index contributed by atoms with van der Waals surface area (Å²) in [7, 11) is 0. The van der Waals surface area contributed by atoms with Crippen LogP contribution in [0.2, 0.25) is 0 Å². The molecule has 1 aromatic heterocycles. The third-order valence-electron chi connectivity index (χ3n) is 9.71. The van der Waals surface area contributed by atoms with E-state index in [1.165, 1.54) is 18.6 Å².